The molecule has 0 bridgehead atoms. The van der Waals surface area contributed by atoms with Gasteiger partial charge in [-0.05, 0) is 31.7 Å². The Balaban J connectivity index is 2.19. The summed E-state index contributed by atoms with van der Waals surface area (Å²) in [5, 5.41) is 9.84. The minimum absolute atomic E-state index is 0.185. The van der Waals surface area contributed by atoms with Crippen LogP contribution in [0.1, 0.15) is 52.9 Å². The molecule has 18 heavy (non-hydrogen) atoms. The van der Waals surface area contributed by atoms with Crippen molar-refractivity contribution in [3.63, 3.8) is 0 Å². The molecule has 0 spiro atoms. The molecular weight excluding hydrogens is 226 g/mol. The average Bonchev–Trinajstić information content (AvgIpc) is 2.29. The van der Waals surface area contributed by atoms with Gasteiger partial charge in [-0.1, -0.05) is 27.2 Å². The third-order valence-corrected chi connectivity index (χ3v) is 3.64. The van der Waals surface area contributed by atoms with Crippen LogP contribution in [0.3, 0.4) is 0 Å². The van der Waals surface area contributed by atoms with Crippen LogP contribution in [0.15, 0.2) is 0 Å². The SMILES string of the molecule is CCCC(O)CC1CN(CCCC(C)C)CCO1. The monoisotopic (exact) mass is 257 g/mol. The molecule has 0 amide bonds. The molecular formula is C15H31NO2. The van der Waals surface area contributed by atoms with Crippen LogP contribution >= 0.6 is 0 Å². The lowest BCUT2D eigenvalue weighted by atomic mass is 10.1. The third kappa shape index (κ3) is 6.72. The van der Waals surface area contributed by atoms with Crippen molar-refractivity contribution in [2.75, 3.05) is 26.2 Å². The molecule has 1 fully saturated rings. The van der Waals surface area contributed by atoms with E-state index < -0.39 is 0 Å². The molecule has 1 N–H and O–H groups in total. The normalized spacial score (nSPS) is 23.5. The molecule has 1 rings (SSSR count). The van der Waals surface area contributed by atoms with Gasteiger partial charge < -0.3 is 9.84 Å². The van der Waals surface area contributed by atoms with Crippen molar-refractivity contribution in [2.45, 2.75) is 65.1 Å². The van der Waals surface area contributed by atoms with Crippen molar-refractivity contribution in [1.82, 2.24) is 4.90 Å². The second kappa shape index (κ2) is 8.89. The summed E-state index contributed by atoms with van der Waals surface area (Å²) >= 11 is 0. The van der Waals surface area contributed by atoms with Gasteiger partial charge in [0.05, 0.1) is 18.8 Å². The Morgan fingerprint density at radius 3 is 2.78 bits per heavy atom. The zero-order valence-electron chi connectivity index (χ0n) is 12.4. The highest BCUT2D eigenvalue weighted by Crippen LogP contribution is 2.14. The van der Waals surface area contributed by atoms with E-state index in [1.807, 2.05) is 0 Å². The molecule has 0 aliphatic carbocycles. The zero-order valence-corrected chi connectivity index (χ0v) is 12.4. The largest absolute Gasteiger partial charge is 0.393 e. The van der Waals surface area contributed by atoms with Gasteiger partial charge in [-0.15, -0.1) is 0 Å². The van der Waals surface area contributed by atoms with Crippen molar-refractivity contribution >= 4 is 0 Å². The van der Waals surface area contributed by atoms with Crippen LogP contribution in [0.2, 0.25) is 0 Å². The second-order valence-corrected chi connectivity index (χ2v) is 6.01. The maximum atomic E-state index is 9.84. The Morgan fingerprint density at radius 2 is 2.11 bits per heavy atom. The number of nitrogens with zero attached hydrogens (tertiary/aromatic N) is 1. The van der Waals surface area contributed by atoms with Crippen molar-refractivity contribution in [3.8, 4) is 0 Å². The highest BCUT2D eigenvalue weighted by Gasteiger charge is 2.22. The number of aliphatic hydroxyl groups excluding tert-OH is 1. The quantitative estimate of drug-likeness (QED) is 0.725. The number of aliphatic hydroxyl groups is 1. The summed E-state index contributed by atoms with van der Waals surface area (Å²) in [5.74, 6) is 0.799. The van der Waals surface area contributed by atoms with Crippen LogP contribution in [0.5, 0.6) is 0 Å². The van der Waals surface area contributed by atoms with E-state index in [4.69, 9.17) is 4.74 Å². The zero-order chi connectivity index (χ0) is 13.4. The summed E-state index contributed by atoms with van der Waals surface area (Å²) in [6, 6.07) is 0. The highest BCUT2D eigenvalue weighted by molar-refractivity contribution is 4.74. The Kier molecular flexibility index (Phi) is 7.87. The molecule has 0 saturated carbocycles. The van der Waals surface area contributed by atoms with E-state index in [0.29, 0.717) is 0 Å². The lowest BCUT2D eigenvalue weighted by molar-refractivity contribution is -0.0509. The van der Waals surface area contributed by atoms with Crippen LogP contribution in [-0.2, 0) is 4.74 Å². The molecule has 0 aromatic carbocycles. The molecule has 1 aliphatic heterocycles. The van der Waals surface area contributed by atoms with E-state index in [2.05, 4.69) is 25.7 Å². The van der Waals surface area contributed by atoms with Crippen LogP contribution < -0.4 is 0 Å². The molecule has 0 aromatic heterocycles. The van der Waals surface area contributed by atoms with Crippen molar-refractivity contribution in [1.29, 1.82) is 0 Å². The van der Waals surface area contributed by atoms with Gasteiger partial charge in [0.25, 0.3) is 0 Å². The molecule has 2 unspecified atom stereocenters. The minimum atomic E-state index is -0.185. The predicted molar refractivity (Wildman–Crippen MR) is 75.8 cm³/mol. The van der Waals surface area contributed by atoms with Crippen molar-refractivity contribution < 1.29 is 9.84 Å². The van der Waals surface area contributed by atoms with Gasteiger partial charge in [0, 0.05) is 19.5 Å². The average molecular weight is 257 g/mol. The Hall–Kier alpha value is -0.120. The maximum Gasteiger partial charge on any atom is 0.0727 e. The highest BCUT2D eigenvalue weighted by atomic mass is 16.5. The standard InChI is InChI=1S/C15H31NO2/c1-4-6-14(17)11-15-12-16(9-10-18-15)8-5-7-13(2)3/h13-15,17H,4-12H2,1-3H3. The minimum Gasteiger partial charge on any atom is -0.393 e. The van der Waals surface area contributed by atoms with Gasteiger partial charge in [0.2, 0.25) is 0 Å². The molecule has 3 heteroatoms. The summed E-state index contributed by atoms with van der Waals surface area (Å²) in [4.78, 5) is 2.50. The Bertz CT molecular complexity index is 209. The van der Waals surface area contributed by atoms with Gasteiger partial charge in [0.15, 0.2) is 0 Å². The van der Waals surface area contributed by atoms with Gasteiger partial charge in [-0.2, -0.15) is 0 Å². The Morgan fingerprint density at radius 1 is 1.33 bits per heavy atom. The molecule has 2 atom stereocenters. The number of ether oxygens (including phenoxy) is 1. The second-order valence-electron chi connectivity index (χ2n) is 6.01. The predicted octanol–water partition coefficient (Wildman–Crippen LogP) is 2.67. The Labute approximate surface area is 113 Å². The first kappa shape index (κ1) is 15.9. The maximum absolute atomic E-state index is 9.84. The van der Waals surface area contributed by atoms with Crippen molar-refractivity contribution in [2.24, 2.45) is 5.92 Å². The topological polar surface area (TPSA) is 32.7 Å². The van der Waals surface area contributed by atoms with E-state index in [-0.39, 0.29) is 12.2 Å². The summed E-state index contributed by atoms with van der Waals surface area (Å²) in [6.45, 7) is 10.7. The van der Waals surface area contributed by atoms with Crippen molar-refractivity contribution in [3.05, 3.63) is 0 Å². The fourth-order valence-electron chi connectivity index (χ4n) is 2.60. The summed E-state index contributed by atoms with van der Waals surface area (Å²) in [7, 11) is 0. The summed E-state index contributed by atoms with van der Waals surface area (Å²) in [5.41, 5.74) is 0. The van der Waals surface area contributed by atoms with E-state index >= 15 is 0 Å². The van der Waals surface area contributed by atoms with Crippen LogP contribution in [0.25, 0.3) is 0 Å². The van der Waals surface area contributed by atoms with E-state index in [1.165, 1.54) is 19.4 Å². The number of morpholine rings is 1. The smallest absolute Gasteiger partial charge is 0.0727 e. The third-order valence-electron chi connectivity index (χ3n) is 3.64. The molecule has 1 saturated heterocycles. The van der Waals surface area contributed by atoms with Crippen LogP contribution in [-0.4, -0.2) is 48.5 Å². The van der Waals surface area contributed by atoms with Gasteiger partial charge in [0.1, 0.15) is 0 Å². The number of rotatable bonds is 8. The first-order valence-electron chi connectivity index (χ1n) is 7.63. The molecule has 3 nitrogen and oxygen atoms in total. The lowest BCUT2D eigenvalue weighted by Gasteiger charge is -2.34. The molecule has 0 aromatic rings. The lowest BCUT2D eigenvalue weighted by Crippen LogP contribution is -2.44. The summed E-state index contributed by atoms with van der Waals surface area (Å²) in [6.07, 6.45) is 5.38. The molecule has 0 radical (unpaired) electrons. The molecule has 108 valence electrons. The molecule has 1 heterocycles. The van der Waals surface area contributed by atoms with Crippen LogP contribution in [0, 0.1) is 5.92 Å². The van der Waals surface area contributed by atoms with Gasteiger partial charge >= 0.3 is 0 Å². The van der Waals surface area contributed by atoms with E-state index in [9.17, 15) is 5.11 Å². The van der Waals surface area contributed by atoms with E-state index in [0.717, 1.165) is 44.9 Å². The summed E-state index contributed by atoms with van der Waals surface area (Å²) < 4.78 is 5.75. The first-order chi connectivity index (χ1) is 8.61. The van der Waals surface area contributed by atoms with Crippen LogP contribution in [0.4, 0.5) is 0 Å². The van der Waals surface area contributed by atoms with E-state index in [1.54, 1.807) is 0 Å². The fourth-order valence-corrected chi connectivity index (χ4v) is 2.60. The fraction of sp³-hybridized carbons (Fsp3) is 1.00. The molecule has 1 aliphatic rings. The number of hydrogen-bond donors (Lipinski definition) is 1. The first-order valence-corrected chi connectivity index (χ1v) is 7.63. The number of hydrogen-bond acceptors (Lipinski definition) is 3. The van der Waals surface area contributed by atoms with Gasteiger partial charge in [-0.3, -0.25) is 4.90 Å². The van der Waals surface area contributed by atoms with Gasteiger partial charge in [-0.25, -0.2) is 0 Å².